The van der Waals surface area contributed by atoms with Crippen molar-refractivity contribution < 1.29 is 9.53 Å². The number of benzene rings is 1. The molecule has 0 radical (unpaired) electrons. The Kier molecular flexibility index (Phi) is 7.95. The van der Waals surface area contributed by atoms with Gasteiger partial charge in [-0.1, -0.05) is 19.1 Å². The molecule has 134 valence electrons. The van der Waals surface area contributed by atoms with Gasteiger partial charge in [-0.2, -0.15) is 0 Å². The van der Waals surface area contributed by atoms with E-state index in [2.05, 4.69) is 22.5 Å². The molecular weight excluding hydrogens is 419 g/mol. The molecule has 0 unspecified atom stereocenters. The second kappa shape index (κ2) is 9.22. The van der Waals surface area contributed by atoms with E-state index in [1.807, 2.05) is 24.3 Å². The number of hydrogen-bond donors (Lipinski definition) is 2. The summed E-state index contributed by atoms with van der Waals surface area (Å²) in [5, 5.41) is 6.61. The molecule has 0 aromatic heterocycles. The van der Waals surface area contributed by atoms with Gasteiger partial charge in [-0.05, 0) is 17.7 Å². The summed E-state index contributed by atoms with van der Waals surface area (Å²) in [6.45, 7) is 5.26. The van der Waals surface area contributed by atoms with Gasteiger partial charge in [0.05, 0.1) is 13.2 Å². The minimum Gasteiger partial charge on any atom is -0.380 e. The molecule has 1 aliphatic heterocycles. The van der Waals surface area contributed by atoms with Crippen molar-refractivity contribution in [3.8, 4) is 0 Å². The number of nitrogens with one attached hydrogen (secondary N) is 2. The number of carbonyl (C=O) groups excluding carboxylic acids is 1. The first kappa shape index (κ1) is 20.7. The number of hydrogen-bond acceptors (Lipinski definition) is 3. The molecule has 1 aliphatic rings. The second-order valence-electron chi connectivity index (χ2n) is 6.48. The summed E-state index contributed by atoms with van der Waals surface area (Å²) in [5.74, 6) is 0.782. The standard InChI is InChI=1S/C17H26N4O2.HI/c1-17(11-23-12-17)10-20-16(18-2)19-9-13-5-7-14(8-6-13)15(22)21(3)4;/h5-8H,9-12H2,1-4H3,(H2,18,19,20);1H. The number of halogens is 1. The first-order valence-electron chi connectivity index (χ1n) is 7.76. The lowest BCUT2D eigenvalue weighted by molar-refractivity contribution is -0.0971. The van der Waals surface area contributed by atoms with Gasteiger partial charge in [-0.15, -0.1) is 24.0 Å². The lowest BCUT2D eigenvalue weighted by atomic mass is 9.89. The number of amides is 1. The Morgan fingerprint density at radius 2 is 1.88 bits per heavy atom. The van der Waals surface area contributed by atoms with Crippen molar-refractivity contribution in [1.82, 2.24) is 15.5 Å². The number of rotatable bonds is 5. The highest BCUT2D eigenvalue weighted by Crippen LogP contribution is 2.24. The van der Waals surface area contributed by atoms with Crippen LogP contribution < -0.4 is 10.6 Å². The third-order valence-corrected chi connectivity index (χ3v) is 3.87. The number of aliphatic imine (C=N–C) groups is 1. The normalized spacial score (nSPS) is 15.8. The second-order valence-corrected chi connectivity index (χ2v) is 6.48. The zero-order chi connectivity index (χ0) is 16.9. The van der Waals surface area contributed by atoms with Gasteiger partial charge in [-0.25, -0.2) is 0 Å². The van der Waals surface area contributed by atoms with Crippen LogP contribution >= 0.6 is 24.0 Å². The first-order valence-corrected chi connectivity index (χ1v) is 7.76. The minimum atomic E-state index is 0. The molecule has 6 nitrogen and oxygen atoms in total. The van der Waals surface area contributed by atoms with Gasteiger partial charge in [0.15, 0.2) is 5.96 Å². The fourth-order valence-corrected chi connectivity index (χ4v) is 2.28. The van der Waals surface area contributed by atoms with Gasteiger partial charge >= 0.3 is 0 Å². The molecule has 0 aliphatic carbocycles. The van der Waals surface area contributed by atoms with Crippen molar-refractivity contribution in [2.75, 3.05) is 40.9 Å². The van der Waals surface area contributed by atoms with Gasteiger partial charge in [0, 0.05) is 45.2 Å². The van der Waals surface area contributed by atoms with Crippen LogP contribution in [0.2, 0.25) is 0 Å². The number of nitrogens with zero attached hydrogens (tertiary/aromatic N) is 2. The largest absolute Gasteiger partial charge is 0.380 e. The van der Waals surface area contributed by atoms with Gasteiger partial charge in [0.1, 0.15) is 0 Å². The summed E-state index contributed by atoms with van der Waals surface area (Å²) in [4.78, 5) is 17.7. The number of guanidine groups is 1. The number of carbonyl (C=O) groups is 1. The van der Waals surface area contributed by atoms with Crippen LogP contribution in [-0.4, -0.2) is 57.7 Å². The SMILES string of the molecule is CN=C(NCc1ccc(C(=O)N(C)C)cc1)NCC1(C)COC1.I. The average Bonchev–Trinajstić information content (AvgIpc) is 2.53. The van der Waals surface area contributed by atoms with Crippen LogP contribution in [0.15, 0.2) is 29.3 Å². The topological polar surface area (TPSA) is 66.0 Å². The fourth-order valence-electron chi connectivity index (χ4n) is 2.28. The van der Waals surface area contributed by atoms with Crippen LogP contribution in [0.5, 0.6) is 0 Å². The monoisotopic (exact) mass is 446 g/mol. The van der Waals surface area contributed by atoms with E-state index < -0.39 is 0 Å². The summed E-state index contributed by atoms with van der Waals surface area (Å²) in [5.41, 5.74) is 1.99. The molecule has 1 aromatic rings. The van der Waals surface area contributed by atoms with Crippen molar-refractivity contribution in [3.63, 3.8) is 0 Å². The predicted octanol–water partition coefficient (Wildman–Crippen LogP) is 1.71. The molecule has 1 heterocycles. The van der Waals surface area contributed by atoms with Gasteiger partial charge in [0.2, 0.25) is 0 Å². The third-order valence-electron chi connectivity index (χ3n) is 3.87. The molecule has 24 heavy (non-hydrogen) atoms. The molecule has 7 heteroatoms. The molecule has 0 bridgehead atoms. The smallest absolute Gasteiger partial charge is 0.253 e. The van der Waals surface area contributed by atoms with Gasteiger partial charge < -0.3 is 20.3 Å². The van der Waals surface area contributed by atoms with E-state index in [-0.39, 0.29) is 35.3 Å². The Labute approximate surface area is 161 Å². The van der Waals surface area contributed by atoms with E-state index in [1.165, 1.54) is 0 Å². The Bertz CT molecular complexity index is 568. The molecule has 2 rings (SSSR count). The summed E-state index contributed by atoms with van der Waals surface area (Å²) in [6, 6.07) is 7.61. The zero-order valence-electron chi connectivity index (χ0n) is 14.8. The molecule has 1 fully saturated rings. The van der Waals surface area contributed by atoms with Crippen molar-refractivity contribution in [2.24, 2.45) is 10.4 Å². The lowest BCUT2D eigenvalue weighted by Gasteiger charge is -2.38. The lowest BCUT2D eigenvalue weighted by Crippen LogP contribution is -2.50. The van der Waals surface area contributed by atoms with Gasteiger partial charge in [0.25, 0.3) is 5.91 Å². The van der Waals surface area contributed by atoms with Crippen LogP contribution in [-0.2, 0) is 11.3 Å². The van der Waals surface area contributed by atoms with E-state index in [0.29, 0.717) is 12.1 Å². The summed E-state index contributed by atoms with van der Waals surface area (Å²) in [6.07, 6.45) is 0. The van der Waals surface area contributed by atoms with Gasteiger partial charge in [-0.3, -0.25) is 9.79 Å². The molecule has 1 amide bonds. The Morgan fingerprint density at radius 1 is 1.25 bits per heavy atom. The Morgan fingerprint density at radius 3 is 2.33 bits per heavy atom. The van der Waals surface area contributed by atoms with Crippen molar-refractivity contribution in [2.45, 2.75) is 13.5 Å². The average molecular weight is 446 g/mol. The molecule has 0 atom stereocenters. The highest BCUT2D eigenvalue weighted by molar-refractivity contribution is 14.0. The summed E-state index contributed by atoms with van der Waals surface area (Å²) in [7, 11) is 5.26. The zero-order valence-corrected chi connectivity index (χ0v) is 17.1. The minimum absolute atomic E-state index is 0. The summed E-state index contributed by atoms with van der Waals surface area (Å²) < 4.78 is 5.25. The Balaban J connectivity index is 0.00000288. The van der Waals surface area contributed by atoms with E-state index in [4.69, 9.17) is 4.74 Å². The van der Waals surface area contributed by atoms with E-state index >= 15 is 0 Å². The molecular formula is C17H27IN4O2. The quantitative estimate of drug-likeness (QED) is 0.411. The molecule has 1 saturated heterocycles. The molecule has 1 aromatic carbocycles. The molecule has 2 N–H and O–H groups in total. The maximum absolute atomic E-state index is 11.9. The maximum atomic E-state index is 11.9. The Hall–Kier alpha value is -1.35. The predicted molar refractivity (Wildman–Crippen MR) is 107 cm³/mol. The van der Waals surface area contributed by atoms with Crippen LogP contribution in [0.1, 0.15) is 22.8 Å². The van der Waals surface area contributed by atoms with Crippen molar-refractivity contribution >= 4 is 35.8 Å². The summed E-state index contributed by atoms with van der Waals surface area (Å²) >= 11 is 0. The molecule has 0 saturated carbocycles. The van der Waals surface area contributed by atoms with Crippen molar-refractivity contribution in [3.05, 3.63) is 35.4 Å². The highest BCUT2D eigenvalue weighted by Gasteiger charge is 2.33. The first-order chi connectivity index (χ1) is 10.9. The van der Waals surface area contributed by atoms with Crippen LogP contribution in [0, 0.1) is 5.41 Å². The van der Waals surface area contributed by atoms with Crippen molar-refractivity contribution in [1.29, 1.82) is 0 Å². The van der Waals surface area contributed by atoms with E-state index in [1.54, 1.807) is 26.0 Å². The third kappa shape index (κ3) is 5.62. The van der Waals surface area contributed by atoms with Crippen LogP contribution in [0.25, 0.3) is 0 Å². The fraction of sp³-hybridized carbons (Fsp3) is 0.529. The van der Waals surface area contributed by atoms with E-state index in [9.17, 15) is 4.79 Å². The van der Waals surface area contributed by atoms with Crippen LogP contribution in [0.4, 0.5) is 0 Å². The van der Waals surface area contributed by atoms with Crippen LogP contribution in [0.3, 0.4) is 0 Å². The highest BCUT2D eigenvalue weighted by atomic mass is 127. The maximum Gasteiger partial charge on any atom is 0.253 e. The molecule has 0 spiro atoms. The number of ether oxygens (including phenoxy) is 1. The van der Waals surface area contributed by atoms with E-state index in [0.717, 1.165) is 31.3 Å².